The summed E-state index contributed by atoms with van der Waals surface area (Å²) in [5.41, 5.74) is 6.27. The topological polar surface area (TPSA) is 122 Å². The fraction of sp³-hybridized carbons (Fsp3) is 0.407. The second-order valence-corrected chi connectivity index (χ2v) is 10.5. The van der Waals surface area contributed by atoms with Gasteiger partial charge in [0.1, 0.15) is 0 Å². The molecule has 1 saturated heterocycles. The van der Waals surface area contributed by atoms with E-state index in [0.717, 1.165) is 35.1 Å². The van der Waals surface area contributed by atoms with Gasteiger partial charge in [-0.3, -0.25) is 29.1 Å². The molecule has 38 heavy (non-hydrogen) atoms. The first-order valence-corrected chi connectivity index (χ1v) is 12.9. The number of anilines is 2. The van der Waals surface area contributed by atoms with Gasteiger partial charge in [0.2, 0.25) is 5.91 Å². The Morgan fingerprint density at radius 3 is 2.61 bits per heavy atom. The second-order valence-electron chi connectivity index (χ2n) is 10.5. The van der Waals surface area contributed by atoms with Crippen molar-refractivity contribution in [3.8, 4) is 11.3 Å². The number of fused-ring (bicyclic) bond motifs is 3. The van der Waals surface area contributed by atoms with Crippen LogP contribution < -0.4 is 10.6 Å². The van der Waals surface area contributed by atoms with Crippen molar-refractivity contribution in [2.45, 2.75) is 46.1 Å². The van der Waals surface area contributed by atoms with Gasteiger partial charge in [-0.15, -0.1) is 0 Å². The van der Waals surface area contributed by atoms with E-state index in [1.165, 1.54) is 25.5 Å². The molecule has 2 fully saturated rings. The van der Waals surface area contributed by atoms with Gasteiger partial charge in [0.25, 0.3) is 5.91 Å². The molecular formula is C27H31N9O2. The van der Waals surface area contributed by atoms with Crippen molar-refractivity contribution in [3.63, 3.8) is 0 Å². The molecule has 2 bridgehead atoms. The summed E-state index contributed by atoms with van der Waals surface area (Å²) < 4.78 is 3.47. The average Bonchev–Trinajstić information content (AvgIpc) is 3.65. The summed E-state index contributed by atoms with van der Waals surface area (Å²) in [5.74, 6) is 0.342. The fourth-order valence-electron chi connectivity index (χ4n) is 5.85. The van der Waals surface area contributed by atoms with Crippen molar-refractivity contribution in [3.05, 3.63) is 53.5 Å². The van der Waals surface area contributed by atoms with E-state index in [-0.39, 0.29) is 11.8 Å². The molecule has 0 spiro atoms. The highest BCUT2D eigenvalue weighted by Gasteiger charge is 2.38. The molecular weight excluding hydrogens is 482 g/mol. The Hall–Kier alpha value is -4.12. The number of hydrogen-bond acceptors (Lipinski definition) is 7. The Morgan fingerprint density at radius 2 is 1.89 bits per heavy atom. The number of aryl methyl sites for hydroxylation is 3. The zero-order valence-electron chi connectivity index (χ0n) is 22.0. The van der Waals surface area contributed by atoms with Crippen molar-refractivity contribution < 1.29 is 9.59 Å². The lowest BCUT2D eigenvalue weighted by molar-refractivity contribution is -0.117. The van der Waals surface area contributed by atoms with E-state index in [1.807, 2.05) is 32.5 Å². The summed E-state index contributed by atoms with van der Waals surface area (Å²) in [6.07, 6.45) is 10.3. The highest BCUT2D eigenvalue weighted by molar-refractivity contribution is 6.09. The first kappa shape index (κ1) is 24.2. The van der Waals surface area contributed by atoms with Crippen LogP contribution in [-0.4, -0.2) is 65.2 Å². The van der Waals surface area contributed by atoms with Crippen LogP contribution in [-0.2, 0) is 11.8 Å². The van der Waals surface area contributed by atoms with Gasteiger partial charge in [-0.05, 0) is 52.0 Å². The number of hydrogen-bond donors (Lipinski definition) is 2. The van der Waals surface area contributed by atoms with Crippen LogP contribution in [0.5, 0.6) is 0 Å². The summed E-state index contributed by atoms with van der Waals surface area (Å²) in [7, 11) is 1.90. The monoisotopic (exact) mass is 513 g/mol. The third-order valence-electron chi connectivity index (χ3n) is 7.90. The highest BCUT2D eigenvalue weighted by Crippen LogP contribution is 2.37. The van der Waals surface area contributed by atoms with Crippen molar-refractivity contribution in [2.24, 2.45) is 13.0 Å². The van der Waals surface area contributed by atoms with Gasteiger partial charge in [0.15, 0.2) is 0 Å². The Kier molecular flexibility index (Phi) is 5.94. The predicted molar refractivity (Wildman–Crippen MR) is 143 cm³/mol. The van der Waals surface area contributed by atoms with E-state index in [1.54, 1.807) is 29.2 Å². The third-order valence-corrected chi connectivity index (χ3v) is 7.90. The van der Waals surface area contributed by atoms with Gasteiger partial charge in [0.05, 0.1) is 70.9 Å². The lowest BCUT2D eigenvalue weighted by Gasteiger charge is -2.25. The van der Waals surface area contributed by atoms with E-state index in [0.29, 0.717) is 40.7 Å². The minimum absolute atomic E-state index is 0.0657. The molecule has 0 radical (unpaired) electrons. The van der Waals surface area contributed by atoms with Crippen LogP contribution in [0.15, 0.2) is 30.9 Å². The molecule has 2 amide bonds. The van der Waals surface area contributed by atoms with E-state index in [4.69, 9.17) is 0 Å². The van der Waals surface area contributed by atoms with Crippen LogP contribution in [0.4, 0.5) is 11.4 Å². The van der Waals surface area contributed by atoms with Gasteiger partial charge in [-0.25, -0.2) is 4.52 Å². The highest BCUT2D eigenvalue weighted by atomic mass is 16.2. The zero-order valence-corrected chi connectivity index (χ0v) is 22.0. The first-order chi connectivity index (χ1) is 18.3. The van der Waals surface area contributed by atoms with Crippen LogP contribution in [0.1, 0.15) is 46.7 Å². The number of likely N-dealkylation sites (tertiary alicyclic amines) is 1. The Labute approximate surface area is 220 Å². The fourth-order valence-corrected chi connectivity index (χ4v) is 5.85. The number of nitrogens with zero attached hydrogens (tertiary/aromatic N) is 7. The molecule has 0 aromatic carbocycles. The quantitative estimate of drug-likeness (QED) is 0.406. The molecule has 4 aromatic rings. The third kappa shape index (κ3) is 4.32. The molecule has 1 aliphatic heterocycles. The van der Waals surface area contributed by atoms with Gasteiger partial charge >= 0.3 is 0 Å². The molecule has 0 unspecified atom stereocenters. The number of nitrogens with one attached hydrogen (secondary N) is 2. The number of pyridine rings is 1. The molecule has 1 saturated carbocycles. The number of aromatic nitrogens is 6. The van der Waals surface area contributed by atoms with Crippen molar-refractivity contribution in [1.82, 2.24) is 34.3 Å². The van der Waals surface area contributed by atoms with Crippen LogP contribution in [0.25, 0.3) is 16.8 Å². The number of amides is 2. The van der Waals surface area contributed by atoms with Crippen LogP contribution in [0.2, 0.25) is 0 Å². The summed E-state index contributed by atoms with van der Waals surface area (Å²) in [4.78, 5) is 37.1. The van der Waals surface area contributed by atoms with Crippen LogP contribution in [0, 0.1) is 26.7 Å². The van der Waals surface area contributed by atoms with Crippen molar-refractivity contribution in [1.29, 1.82) is 0 Å². The molecule has 5 heterocycles. The van der Waals surface area contributed by atoms with Crippen molar-refractivity contribution >= 4 is 28.7 Å². The molecule has 4 aromatic heterocycles. The van der Waals surface area contributed by atoms with E-state index in [2.05, 4.69) is 35.7 Å². The predicted octanol–water partition coefficient (Wildman–Crippen LogP) is 3.13. The second kappa shape index (κ2) is 9.32. The Bertz CT molecular complexity index is 1570. The van der Waals surface area contributed by atoms with E-state index >= 15 is 0 Å². The number of rotatable bonds is 6. The lowest BCUT2D eigenvalue weighted by Crippen LogP contribution is -2.38. The molecule has 196 valence electrons. The molecule has 2 aliphatic rings. The molecule has 11 heteroatoms. The minimum atomic E-state index is -0.329. The maximum Gasteiger partial charge on any atom is 0.259 e. The summed E-state index contributed by atoms with van der Waals surface area (Å²) >= 11 is 0. The van der Waals surface area contributed by atoms with Gasteiger partial charge in [0, 0.05) is 30.9 Å². The Morgan fingerprint density at radius 1 is 1.05 bits per heavy atom. The number of carbonyl (C=O) groups excluding carboxylic acids is 2. The summed E-state index contributed by atoms with van der Waals surface area (Å²) in [6.45, 7) is 7.13. The molecule has 11 nitrogen and oxygen atoms in total. The van der Waals surface area contributed by atoms with Crippen molar-refractivity contribution in [2.75, 3.05) is 23.7 Å². The summed E-state index contributed by atoms with van der Waals surface area (Å²) in [6, 6.07) is 2.27. The van der Waals surface area contributed by atoms with Gasteiger partial charge < -0.3 is 10.6 Å². The van der Waals surface area contributed by atoms with Gasteiger partial charge in [-0.2, -0.15) is 10.2 Å². The largest absolute Gasteiger partial charge is 0.324 e. The van der Waals surface area contributed by atoms with Gasteiger partial charge in [-0.1, -0.05) is 0 Å². The lowest BCUT2D eigenvalue weighted by atomic mass is 10.1. The zero-order chi connectivity index (χ0) is 26.6. The maximum absolute atomic E-state index is 13.2. The molecule has 6 rings (SSSR count). The van der Waals surface area contributed by atoms with Crippen LogP contribution in [0.3, 0.4) is 0 Å². The maximum atomic E-state index is 13.2. The number of carbonyl (C=O) groups is 2. The smallest absolute Gasteiger partial charge is 0.259 e. The van der Waals surface area contributed by atoms with Crippen LogP contribution >= 0.6 is 0 Å². The average molecular weight is 514 g/mol. The number of piperidine rings is 1. The summed E-state index contributed by atoms with van der Waals surface area (Å²) in [5, 5.41) is 14.7. The molecule has 2 atom stereocenters. The first-order valence-electron chi connectivity index (χ1n) is 12.9. The standard InChI is InChI=1S/C27H31N9O2/c1-15-22(8-19(9-28-15)31-25(37)14-35-12-18-5-6-20(35)7-18)32-27(38)21-10-30-36-13-23(29-11-24(21)36)26-16(2)33-34(4)17(26)3/h8-11,13,18,20H,5-7,12,14H2,1-4H3,(H,31,37)(H,32,38)/t18-,20+/m1/s1. The minimum Gasteiger partial charge on any atom is -0.324 e. The van der Waals surface area contributed by atoms with E-state index in [9.17, 15) is 9.59 Å². The molecule has 2 N–H and O–H groups in total. The SMILES string of the molecule is Cc1ncc(NC(=O)CN2C[C@@H]3CC[C@H]2C3)cc1NC(=O)c1cnn2cc(-c3c(C)nn(C)c3C)ncc12. The molecule has 1 aliphatic carbocycles. The normalized spacial score (nSPS) is 18.8. The van der Waals surface area contributed by atoms with E-state index < -0.39 is 0 Å². The Balaban J connectivity index is 1.17.